The van der Waals surface area contributed by atoms with E-state index in [0.29, 0.717) is 31.7 Å². The molecule has 2 saturated heterocycles. The molecule has 0 aromatic heterocycles. The molecule has 2 aliphatic heterocycles. The molecule has 6 nitrogen and oxygen atoms in total. The molecule has 0 radical (unpaired) electrons. The third kappa shape index (κ3) is 5.28. The smallest absolute Gasteiger partial charge is 0.229 e. The van der Waals surface area contributed by atoms with Gasteiger partial charge in [-0.1, -0.05) is 12.1 Å². The second kappa shape index (κ2) is 8.97. The molecule has 0 aliphatic carbocycles. The Hall–Kier alpha value is -1.92. The second-order valence-electron chi connectivity index (χ2n) is 6.52. The van der Waals surface area contributed by atoms with Crippen LogP contribution in [0.5, 0.6) is 0 Å². The maximum absolute atomic E-state index is 12.0. The second-order valence-corrected chi connectivity index (χ2v) is 6.52. The Morgan fingerprint density at radius 2 is 1.84 bits per heavy atom. The molecular weight excluding hydrogens is 342 g/mol. The summed E-state index contributed by atoms with van der Waals surface area (Å²) in [5.74, 6) is 0.408. The molecule has 2 aliphatic rings. The number of imide groups is 1. The van der Waals surface area contributed by atoms with E-state index in [1.165, 1.54) is 4.90 Å². The summed E-state index contributed by atoms with van der Waals surface area (Å²) < 4.78 is 0. The first-order valence-corrected chi connectivity index (χ1v) is 8.54. The molecule has 1 aromatic rings. The SMILES string of the molecule is Cl.O=C(CCC1CCNC1)Nc1ccc(CN2C(=O)CCC2=O)cc1. The monoisotopic (exact) mass is 365 g/mol. The van der Waals surface area contributed by atoms with E-state index in [9.17, 15) is 14.4 Å². The van der Waals surface area contributed by atoms with E-state index in [1.54, 1.807) is 0 Å². The summed E-state index contributed by atoms with van der Waals surface area (Å²) in [6.07, 6.45) is 3.21. The minimum Gasteiger partial charge on any atom is -0.326 e. The lowest BCUT2D eigenvalue weighted by molar-refractivity contribution is -0.139. The summed E-state index contributed by atoms with van der Waals surface area (Å²) in [7, 11) is 0. The molecule has 2 N–H and O–H groups in total. The number of halogens is 1. The summed E-state index contributed by atoms with van der Waals surface area (Å²) in [4.78, 5) is 36.5. The zero-order valence-electron chi connectivity index (χ0n) is 14.1. The zero-order chi connectivity index (χ0) is 16.9. The number of nitrogens with one attached hydrogen (secondary N) is 2. The number of hydrogen-bond donors (Lipinski definition) is 2. The van der Waals surface area contributed by atoms with Crippen molar-refractivity contribution >= 4 is 35.8 Å². The molecule has 7 heteroatoms. The van der Waals surface area contributed by atoms with Crippen molar-refractivity contribution in [1.82, 2.24) is 10.2 Å². The lowest BCUT2D eigenvalue weighted by Gasteiger charge is -2.14. The van der Waals surface area contributed by atoms with Gasteiger partial charge in [-0.3, -0.25) is 19.3 Å². The fourth-order valence-corrected chi connectivity index (χ4v) is 3.19. The molecule has 2 fully saturated rings. The minimum absolute atomic E-state index is 0. The van der Waals surface area contributed by atoms with Gasteiger partial charge in [0.2, 0.25) is 17.7 Å². The summed E-state index contributed by atoms with van der Waals surface area (Å²) in [6, 6.07) is 7.32. The van der Waals surface area contributed by atoms with Crippen molar-refractivity contribution in [3.63, 3.8) is 0 Å². The van der Waals surface area contributed by atoms with Gasteiger partial charge < -0.3 is 10.6 Å². The largest absolute Gasteiger partial charge is 0.326 e. The topological polar surface area (TPSA) is 78.5 Å². The van der Waals surface area contributed by atoms with Gasteiger partial charge in [-0.15, -0.1) is 12.4 Å². The Morgan fingerprint density at radius 3 is 2.44 bits per heavy atom. The highest BCUT2D eigenvalue weighted by Crippen LogP contribution is 2.18. The van der Waals surface area contributed by atoms with Crippen LogP contribution in [0, 0.1) is 5.92 Å². The van der Waals surface area contributed by atoms with E-state index in [-0.39, 0.29) is 30.1 Å². The molecule has 2 heterocycles. The van der Waals surface area contributed by atoms with E-state index in [4.69, 9.17) is 0 Å². The Labute approximate surface area is 153 Å². The highest BCUT2D eigenvalue weighted by molar-refractivity contribution is 6.01. The van der Waals surface area contributed by atoms with Gasteiger partial charge in [0.1, 0.15) is 0 Å². The number of amides is 3. The van der Waals surface area contributed by atoms with E-state index in [2.05, 4.69) is 10.6 Å². The molecular formula is C18H24ClN3O3. The van der Waals surface area contributed by atoms with Crippen molar-refractivity contribution in [2.75, 3.05) is 18.4 Å². The minimum atomic E-state index is -0.112. The number of rotatable bonds is 6. The number of carbonyl (C=O) groups is 3. The van der Waals surface area contributed by atoms with Crippen LogP contribution in [0.15, 0.2) is 24.3 Å². The number of anilines is 1. The molecule has 136 valence electrons. The Morgan fingerprint density at radius 1 is 1.16 bits per heavy atom. The molecule has 1 aromatic carbocycles. The zero-order valence-corrected chi connectivity index (χ0v) is 14.9. The van der Waals surface area contributed by atoms with Gasteiger partial charge >= 0.3 is 0 Å². The van der Waals surface area contributed by atoms with Crippen LogP contribution in [0.1, 0.15) is 37.7 Å². The summed E-state index contributed by atoms with van der Waals surface area (Å²) >= 11 is 0. The van der Waals surface area contributed by atoms with Crippen molar-refractivity contribution < 1.29 is 14.4 Å². The number of carbonyl (C=O) groups excluding carboxylic acids is 3. The fraction of sp³-hybridized carbons (Fsp3) is 0.500. The van der Waals surface area contributed by atoms with E-state index in [0.717, 1.165) is 37.2 Å². The van der Waals surface area contributed by atoms with Crippen LogP contribution >= 0.6 is 12.4 Å². The third-order valence-electron chi connectivity index (χ3n) is 4.68. The lowest BCUT2D eigenvalue weighted by Crippen LogP contribution is -2.28. The molecule has 0 spiro atoms. The van der Waals surface area contributed by atoms with Gasteiger partial charge in [-0.05, 0) is 49.5 Å². The molecule has 3 amide bonds. The average Bonchev–Trinajstić information content (AvgIpc) is 3.20. The standard InChI is InChI=1S/C18H23N3O3.ClH/c22-16(6-3-13-9-10-19-11-13)20-15-4-1-14(2-5-15)12-21-17(23)7-8-18(21)24;/h1-2,4-5,13,19H,3,6-12H2,(H,20,22);1H. The first kappa shape index (κ1) is 19.4. The normalized spacial score (nSPS) is 19.8. The summed E-state index contributed by atoms with van der Waals surface area (Å²) in [6.45, 7) is 2.37. The molecule has 1 unspecified atom stereocenters. The van der Waals surface area contributed by atoms with Gasteiger partial charge in [-0.25, -0.2) is 0 Å². The fourth-order valence-electron chi connectivity index (χ4n) is 3.19. The van der Waals surface area contributed by atoms with Crippen LogP contribution in [0.4, 0.5) is 5.69 Å². The van der Waals surface area contributed by atoms with Crippen LogP contribution in [-0.4, -0.2) is 35.7 Å². The highest BCUT2D eigenvalue weighted by Gasteiger charge is 2.28. The summed E-state index contributed by atoms with van der Waals surface area (Å²) in [5, 5.41) is 6.20. The predicted octanol–water partition coefficient (Wildman–Crippen LogP) is 2.09. The van der Waals surface area contributed by atoms with Crippen molar-refractivity contribution in [3.8, 4) is 0 Å². The Bertz CT molecular complexity index is 611. The van der Waals surface area contributed by atoms with E-state index in [1.807, 2.05) is 24.3 Å². The van der Waals surface area contributed by atoms with Gasteiger partial charge in [0.25, 0.3) is 0 Å². The van der Waals surface area contributed by atoms with Crippen LogP contribution in [0.3, 0.4) is 0 Å². The van der Waals surface area contributed by atoms with Gasteiger partial charge in [0.15, 0.2) is 0 Å². The number of nitrogens with zero attached hydrogens (tertiary/aromatic N) is 1. The maximum Gasteiger partial charge on any atom is 0.229 e. The third-order valence-corrected chi connectivity index (χ3v) is 4.68. The van der Waals surface area contributed by atoms with Gasteiger partial charge in [0, 0.05) is 24.9 Å². The van der Waals surface area contributed by atoms with Crippen molar-refractivity contribution in [2.24, 2.45) is 5.92 Å². The van der Waals surface area contributed by atoms with Gasteiger partial charge in [-0.2, -0.15) is 0 Å². The average molecular weight is 366 g/mol. The summed E-state index contributed by atoms with van der Waals surface area (Å²) in [5.41, 5.74) is 1.63. The van der Waals surface area contributed by atoms with E-state index >= 15 is 0 Å². The molecule has 1 atom stereocenters. The maximum atomic E-state index is 12.0. The first-order chi connectivity index (χ1) is 11.6. The lowest BCUT2D eigenvalue weighted by atomic mass is 10.0. The van der Waals surface area contributed by atoms with Crippen LogP contribution in [0.25, 0.3) is 0 Å². The van der Waals surface area contributed by atoms with Crippen molar-refractivity contribution in [2.45, 2.75) is 38.6 Å². The quantitative estimate of drug-likeness (QED) is 0.756. The Balaban J connectivity index is 0.00000225. The number of benzene rings is 1. The Kier molecular flexibility index (Phi) is 6.96. The predicted molar refractivity (Wildman–Crippen MR) is 97.3 cm³/mol. The molecule has 25 heavy (non-hydrogen) atoms. The molecule has 0 bridgehead atoms. The number of likely N-dealkylation sites (tertiary alicyclic amines) is 1. The molecule has 3 rings (SSSR count). The van der Waals surface area contributed by atoms with Crippen LogP contribution < -0.4 is 10.6 Å². The first-order valence-electron chi connectivity index (χ1n) is 8.54. The van der Waals surface area contributed by atoms with E-state index < -0.39 is 0 Å². The van der Waals surface area contributed by atoms with Crippen molar-refractivity contribution in [3.05, 3.63) is 29.8 Å². The van der Waals surface area contributed by atoms with Crippen molar-refractivity contribution in [1.29, 1.82) is 0 Å². The van der Waals surface area contributed by atoms with Crippen LogP contribution in [-0.2, 0) is 20.9 Å². The van der Waals surface area contributed by atoms with Gasteiger partial charge in [0.05, 0.1) is 6.54 Å². The number of hydrogen-bond acceptors (Lipinski definition) is 4. The highest BCUT2D eigenvalue weighted by atomic mass is 35.5. The van der Waals surface area contributed by atoms with Crippen LogP contribution in [0.2, 0.25) is 0 Å². The molecule has 0 saturated carbocycles.